The molecule has 0 aromatic carbocycles. The molecular weight excluding hydrogens is 362 g/mol. The first-order valence-corrected chi connectivity index (χ1v) is 9.44. The number of carbonyl (C=O) groups excluding carboxylic acids is 2. The largest absolute Gasteiger partial charge is 0.481 e. The topological polar surface area (TPSA) is 138 Å². The van der Waals surface area contributed by atoms with E-state index in [-0.39, 0.29) is 24.4 Å². The van der Waals surface area contributed by atoms with Gasteiger partial charge in [0.15, 0.2) is 0 Å². The van der Waals surface area contributed by atoms with Crippen LogP contribution in [-0.2, 0) is 16.1 Å². The van der Waals surface area contributed by atoms with Crippen molar-refractivity contribution in [3.8, 4) is 0 Å². The fourth-order valence-electron chi connectivity index (χ4n) is 3.06. The number of hydrogen-bond donors (Lipinski definition) is 4. The summed E-state index contributed by atoms with van der Waals surface area (Å²) in [5.74, 6) is -0.458. The Morgan fingerprint density at radius 2 is 1.96 bits per heavy atom. The number of anilines is 1. The van der Waals surface area contributed by atoms with Crippen LogP contribution in [0.4, 0.5) is 10.6 Å². The van der Waals surface area contributed by atoms with E-state index in [9.17, 15) is 14.4 Å². The Morgan fingerprint density at radius 1 is 1.29 bits per heavy atom. The molecule has 28 heavy (non-hydrogen) atoms. The van der Waals surface area contributed by atoms with Gasteiger partial charge in [0.2, 0.25) is 5.91 Å². The molecule has 3 amide bonds. The average Bonchev–Trinajstić information content (AvgIpc) is 2.66. The highest BCUT2D eigenvalue weighted by Gasteiger charge is 2.27. The zero-order valence-electron chi connectivity index (χ0n) is 16.4. The van der Waals surface area contributed by atoms with Gasteiger partial charge in [-0.1, -0.05) is 6.07 Å². The van der Waals surface area contributed by atoms with Gasteiger partial charge < -0.3 is 26.4 Å². The number of nitrogens with two attached hydrogens (primary N) is 1. The van der Waals surface area contributed by atoms with Crippen molar-refractivity contribution >= 4 is 23.7 Å². The average molecular weight is 391 g/mol. The summed E-state index contributed by atoms with van der Waals surface area (Å²) in [6.07, 6.45) is 3.42. The van der Waals surface area contributed by atoms with E-state index in [1.54, 1.807) is 20.0 Å². The predicted octanol–water partition coefficient (Wildman–Crippen LogP) is 1.08. The summed E-state index contributed by atoms with van der Waals surface area (Å²) in [5, 5.41) is 14.6. The summed E-state index contributed by atoms with van der Waals surface area (Å²) in [6, 6.07) is 3.35. The molecule has 0 aliphatic carbocycles. The second-order valence-electron chi connectivity index (χ2n) is 7.70. The molecule has 5 N–H and O–H groups in total. The maximum atomic E-state index is 12.0. The molecule has 9 heteroatoms. The Bertz CT molecular complexity index is 714. The second-order valence-corrected chi connectivity index (χ2v) is 7.70. The number of piperidine rings is 1. The minimum atomic E-state index is -0.894. The van der Waals surface area contributed by atoms with Gasteiger partial charge in [-0.05, 0) is 39.2 Å². The number of primary amides is 1. The summed E-state index contributed by atoms with van der Waals surface area (Å²) in [7, 11) is 0. The first-order valence-electron chi connectivity index (χ1n) is 9.44. The number of hydrogen-bond acceptors (Lipinski definition) is 5. The maximum Gasteiger partial charge on any atom is 0.315 e. The molecule has 0 spiro atoms. The van der Waals surface area contributed by atoms with Gasteiger partial charge in [-0.3, -0.25) is 9.59 Å². The van der Waals surface area contributed by atoms with E-state index < -0.39 is 11.4 Å². The van der Waals surface area contributed by atoms with Crippen molar-refractivity contribution in [3.05, 3.63) is 23.9 Å². The van der Waals surface area contributed by atoms with Gasteiger partial charge in [-0.2, -0.15) is 0 Å². The van der Waals surface area contributed by atoms with Crippen LogP contribution >= 0.6 is 0 Å². The molecule has 1 fully saturated rings. The fourth-order valence-corrected chi connectivity index (χ4v) is 3.06. The Balaban J connectivity index is 1.86. The van der Waals surface area contributed by atoms with Gasteiger partial charge in [-0.25, -0.2) is 9.78 Å². The van der Waals surface area contributed by atoms with Crippen molar-refractivity contribution < 1.29 is 19.5 Å². The van der Waals surface area contributed by atoms with Crippen molar-refractivity contribution in [1.29, 1.82) is 0 Å². The molecule has 0 bridgehead atoms. The van der Waals surface area contributed by atoms with Crippen LogP contribution in [0, 0.1) is 11.3 Å². The monoisotopic (exact) mass is 391 g/mol. The number of carbonyl (C=O) groups is 3. The number of nitrogens with one attached hydrogen (secondary N) is 2. The molecule has 0 atom stereocenters. The first-order chi connectivity index (χ1) is 13.2. The van der Waals surface area contributed by atoms with Crippen molar-refractivity contribution in [2.75, 3.05) is 24.5 Å². The van der Waals surface area contributed by atoms with Crippen molar-refractivity contribution in [2.24, 2.45) is 17.1 Å². The standard InChI is InChI=1S/C19H29N5O4/c1-19(2,17(26)27)7-9-22-18(28)23-12-14-4-3-8-21-16(14)24-10-5-13(6-11-24)15(20)25/h3-4,8,13H,5-7,9-12H2,1-2H3,(H2,20,25)(H,26,27)(H2,22,23,28). The normalized spacial score (nSPS) is 15.1. The van der Waals surface area contributed by atoms with Gasteiger partial charge in [0, 0.05) is 43.9 Å². The molecule has 2 heterocycles. The van der Waals surface area contributed by atoms with Crippen LogP contribution in [-0.4, -0.2) is 47.6 Å². The van der Waals surface area contributed by atoms with Crippen LogP contribution in [0.5, 0.6) is 0 Å². The zero-order chi connectivity index (χ0) is 20.7. The van der Waals surface area contributed by atoms with Crippen LogP contribution < -0.4 is 21.3 Å². The van der Waals surface area contributed by atoms with Crippen molar-refractivity contribution in [1.82, 2.24) is 15.6 Å². The van der Waals surface area contributed by atoms with E-state index in [0.717, 1.165) is 11.4 Å². The molecule has 0 unspecified atom stereocenters. The first kappa shape index (κ1) is 21.5. The molecule has 154 valence electrons. The van der Waals surface area contributed by atoms with Crippen molar-refractivity contribution in [3.63, 3.8) is 0 Å². The minimum Gasteiger partial charge on any atom is -0.481 e. The highest BCUT2D eigenvalue weighted by atomic mass is 16.4. The van der Waals surface area contributed by atoms with E-state index in [1.807, 2.05) is 12.1 Å². The SMILES string of the molecule is CC(C)(CCNC(=O)NCc1cccnc1N1CCC(C(N)=O)CC1)C(=O)O. The molecule has 1 aliphatic heterocycles. The number of nitrogens with zero attached hydrogens (tertiary/aromatic N) is 2. The molecule has 1 aromatic heterocycles. The molecule has 1 aromatic rings. The molecule has 1 aliphatic rings. The van der Waals surface area contributed by atoms with Gasteiger partial charge in [0.05, 0.1) is 5.41 Å². The molecular formula is C19H29N5O4. The quantitative estimate of drug-likeness (QED) is 0.523. The molecule has 1 saturated heterocycles. The third-order valence-corrected chi connectivity index (χ3v) is 5.12. The Morgan fingerprint density at radius 3 is 2.57 bits per heavy atom. The number of rotatable bonds is 8. The lowest BCUT2D eigenvalue weighted by molar-refractivity contribution is -0.147. The number of aromatic nitrogens is 1. The maximum absolute atomic E-state index is 12.0. The number of carboxylic acids is 1. The van der Waals surface area contributed by atoms with E-state index in [2.05, 4.69) is 20.5 Å². The van der Waals surface area contributed by atoms with Gasteiger partial charge in [0.25, 0.3) is 0 Å². The van der Waals surface area contributed by atoms with E-state index in [0.29, 0.717) is 38.9 Å². The van der Waals surface area contributed by atoms with Crippen molar-refractivity contribution in [2.45, 2.75) is 39.7 Å². The smallest absolute Gasteiger partial charge is 0.315 e. The van der Waals surface area contributed by atoms with Crippen LogP contribution in [0.15, 0.2) is 18.3 Å². The third-order valence-electron chi connectivity index (χ3n) is 5.12. The highest BCUT2D eigenvalue weighted by molar-refractivity contribution is 5.77. The fraction of sp³-hybridized carbons (Fsp3) is 0.579. The summed E-state index contributed by atoms with van der Waals surface area (Å²) >= 11 is 0. The number of pyridine rings is 1. The second kappa shape index (κ2) is 9.38. The Labute approximate surface area is 164 Å². The molecule has 0 saturated carbocycles. The van der Waals surface area contributed by atoms with Gasteiger partial charge >= 0.3 is 12.0 Å². The number of amides is 3. The van der Waals surface area contributed by atoms with Crippen LogP contribution in [0.25, 0.3) is 0 Å². The summed E-state index contributed by atoms with van der Waals surface area (Å²) < 4.78 is 0. The van der Waals surface area contributed by atoms with Gasteiger partial charge in [0.1, 0.15) is 5.82 Å². The number of aliphatic carboxylic acids is 1. The molecule has 0 radical (unpaired) electrons. The lowest BCUT2D eigenvalue weighted by Crippen LogP contribution is -2.40. The number of carboxylic acid groups (broad SMARTS) is 1. The predicted molar refractivity (Wildman–Crippen MR) is 105 cm³/mol. The zero-order valence-corrected chi connectivity index (χ0v) is 16.4. The third kappa shape index (κ3) is 5.83. The number of urea groups is 1. The molecule has 2 rings (SSSR count). The Hall–Kier alpha value is -2.84. The van der Waals surface area contributed by atoms with E-state index in [4.69, 9.17) is 10.8 Å². The van der Waals surface area contributed by atoms with Crippen LogP contribution in [0.1, 0.15) is 38.7 Å². The summed E-state index contributed by atoms with van der Waals surface area (Å²) in [5.41, 5.74) is 5.37. The summed E-state index contributed by atoms with van der Waals surface area (Å²) in [6.45, 7) is 5.19. The Kier molecular flexibility index (Phi) is 7.19. The van der Waals surface area contributed by atoms with E-state index in [1.165, 1.54) is 0 Å². The highest BCUT2D eigenvalue weighted by Crippen LogP contribution is 2.24. The van der Waals surface area contributed by atoms with Crippen LogP contribution in [0.2, 0.25) is 0 Å². The summed E-state index contributed by atoms with van der Waals surface area (Å²) in [4.78, 5) is 41.0. The van der Waals surface area contributed by atoms with Gasteiger partial charge in [-0.15, -0.1) is 0 Å². The van der Waals surface area contributed by atoms with Crippen LogP contribution in [0.3, 0.4) is 0 Å². The lowest BCUT2D eigenvalue weighted by Gasteiger charge is -2.32. The lowest BCUT2D eigenvalue weighted by atomic mass is 9.90. The van der Waals surface area contributed by atoms with E-state index >= 15 is 0 Å². The molecule has 9 nitrogen and oxygen atoms in total. The minimum absolute atomic E-state index is 0.0950.